The standard InChI is InChI=1S/C92H186O32/c1-3-5-7-9-11-13-15-17-19-21-25-91(89-123-87-85-121-83-81-119-79-77-117-75-73-115-71-69-113-67-65-111-63-61-109-59-57-107-55-53-105-51-49-103-47-45-101-43-41-99-39-37-97-35-33-95-31-29-93)27-23-24-28-92(26-22-20-18-16-14-12-10-8-6-4-2)90-124-88-86-122-84-82-120-80-78-118-76-74-116-72-70-114-68-66-112-64-62-110-60-58-108-56-54-106-52-50-104-48-46-102-44-42-100-40-38-98-36-34-96-32-30-94/h91-94H,3-90H2,1-2H3. The average Bonchev–Trinajstić information content (AvgIpc) is 0.973. The molecular weight excluding hydrogens is 1620 g/mol. The van der Waals surface area contributed by atoms with Crippen molar-refractivity contribution in [3.63, 3.8) is 0 Å². The number of unbranched alkanes of at least 4 members (excludes halogenated alkanes) is 19. The van der Waals surface area contributed by atoms with Gasteiger partial charge in [-0.05, 0) is 37.5 Å². The van der Waals surface area contributed by atoms with Gasteiger partial charge in [0.15, 0.2) is 0 Å². The predicted molar refractivity (Wildman–Crippen MR) is 477 cm³/mol. The molecule has 0 aliphatic carbocycles. The number of hydrogen-bond acceptors (Lipinski definition) is 32. The Hall–Kier alpha value is -1.28. The normalized spacial score (nSPS) is 12.4. The molecule has 0 heterocycles. The molecule has 2 N–H and O–H groups in total. The van der Waals surface area contributed by atoms with Gasteiger partial charge in [0.1, 0.15) is 0 Å². The molecule has 124 heavy (non-hydrogen) atoms. The number of rotatable bonds is 119. The summed E-state index contributed by atoms with van der Waals surface area (Å²) in [5.41, 5.74) is 0. The van der Waals surface area contributed by atoms with E-state index < -0.39 is 0 Å². The van der Waals surface area contributed by atoms with Crippen molar-refractivity contribution in [1.29, 1.82) is 0 Å². The number of hydrogen-bond donors (Lipinski definition) is 2. The SMILES string of the molecule is CCCCCCCCCCCCC(CCCCC(CCCCCCCCCCCC)COCCOCCOCCOCCOCCOCCOCCOCCOCCOCCOCCOCCOCCOCCOCCO)COCCOCCOCCOCCOCCOCCOCCOCCOCCOCCOCCOCCOCCOCCOCCO. The monoisotopic (exact) mass is 1800 g/mol. The van der Waals surface area contributed by atoms with Gasteiger partial charge in [0.25, 0.3) is 0 Å². The second kappa shape index (κ2) is 118. The maximum Gasteiger partial charge on any atom is 0.0701 e. The van der Waals surface area contributed by atoms with Gasteiger partial charge in [0.2, 0.25) is 0 Å². The summed E-state index contributed by atoms with van der Waals surface area (Å²) >= 11 is 0. The van der Waals surface area contributed by atoms with Crippen LogP contribution in [0.25, 0.3) is 0 Å². The zero-order chi connectivity index (χ0) is 88.6. The molecule has 32 heteroatoms. The third kappa shape index (κ3) is 113. The first-order valence-electron chi connectivity index (χ1n) is 48.3. The smallest absolute Gasteiger partial charge is 0.0701 e. The molecule has 0 bridgehead atoms. The topological polar surface area (TPSA) is 317 Å². The second-order valence-corrected chi connectivity index (χ2v) is 29.7. The van der Waals surface area contributed by atoms with E-state index in [2.05, 4.69) is 13.8 Å². The molecule has 0 aromatic carbocycles. The zero-order valence-electron chi connectivity index (χ0n) is 78.5. The maximum absolute atomic E-state index is 8.66. The fourth-order valence-electron chi connectivity index (χ4n) is 12.1. The molecule has 32 nitrogen and oxygen atoms in total. The molecule has 746 valence electrons. The minimum atomic E-state index is 0.0173. The molecule has 0 aliphatic heterocycles. The molecule has 0 aliphatic rings. The highest BCUT2D eigenvalue weighted by atomic mass is 16.6. The lowest BCUT2D eigenvalue weighted by atomic mass is 9.91. The van der Waals surface area contributed by atoms with Crippen LogP contribution in [0.4, 0.5) is 0 Å². The Morgan fingerprint density at radius 1 is 0.121 bits per heavy atom. The second-order valence-electron chi connectivity index (χ2n) is 29.7. The van der Waals surface area contributed by atoms with Crippen LogP contribution in [0, 0.1) is 11.8 Å². The third-order valence-corrected chi connectivity index (χ3v) is 19.0. The number of aliphatic hydroxyl groups is 2. The molecule has 0 rings (SSSR count). The molecule has 0 saturated heterocycles. The van der Waals surface area contributed by atoms with Gasteiger partial charge >= 0.3 is 0 Å². The van der Waals surface area contributed by atoms with Crippen molar-refractivity contribution in [3.8, 4) is 0 Å². The van der Waals surface area contributed by atoms with E-state index in [9.17, 15) is 0 Å². The number of aliphatic hydroxyl groups excluding tert-OH is 2. The largest absolute Gasteiger partial charge is 0.394 e. The van der Waals surface area contributed by atoms with Gasteiger partial charge in [-0.2, -0.15) is 0 Å². The fourth-order valence-corrected chi connectivity index (χ4v) is 12.1. The van der Waals surface area contributed by atoms with Crippen LogP contribution < -0.4 is 0 Å². The van der Waals surface area contributed by atoms with Gasteiger partial charge in [-0.3, -0.25) is 0 Å². The van der Waals surface area contributed by atoms with Crippen molar-refractivity contribution in [2.45, 2.75) is 181 Å². The molecule has 0 spiro atoms. The molecule has 0 aromatic rings. The highest BCUT2D eigenvalue weighted by Gasteiger charge is 2.14. The Balaban J connectivity index is 4.09. The summed E-state index contributed by atoms with van der Waals surface area (Å²) in [6.45, 7) is 34.8. The van der Waals surface area contributed by atoms with E-state index in [4.69, 9.17) is 152 Å². The minimum Gasteiger partial charge on any atom is -0.394 e. The van der Waals surface area contributed by atoms with Gasteiger partial charge in [-0.25, -0.2) is 0 Å². The lowest BCUT2D eigenvalue weighted by Gasteiger charge is -2.20. The summed E-state index contributed by atoms with van der Waals surface area (Å²) < 4.78 is 168. The molecule has 2 unspecified atom stereocenters. The van der Waals surface area contributed by atoms with Gasteiger partial charge < -0.3 is 152 Å². The first kappa shape index (κ1) is 123. The third-order valence-electron chi connectivity index (χ3n) is 19.0. The molecule has 0 saturated carbocycles. The molecular formula is C92H186O32. The van der Waals surface area contributed by atoms with Crippen LogP contribution in [0.2, 0.25) is 0 Å². The highest BCUT2D eigenvalue weighted by molar-refractivity contribution is 4.65. The minimum absolute atomic E-state index is 0.0173. The Labute approximate surface area is 751 Å². The number of ether oxygens (including phenoxy) is 30. The van der Waals surface area contributed by atoms with Crippen molar-refractivity contribution in [3.05, 3.63) is 0 Å². The van der Waals surface area contributed by atoms with Crippen molar-refractivity contribution in [1.82, 2.24) is 0 Å². The lowest BCUT2D eigenvalue weighted by molar-refractivity contribution is -0.0304. The van der Waals surface area contributed by atoms with E-state index in [1.165, 1.54) is 167 Å². The molecule has 2 atom stereocenters. The maximum atomic E-state index is 8.66. The van der Waals surface area contributed by atoms with Crippen LogP contribution in [0.5, 0.6) is 0 Å². The molecule has 0 radical (unpaired) electrons. The van der Waals surface area contributed by atoms with Crippen molar-refractivity contribution < 1.29 is 152 Å². The van der Waals surface area contributed by atoms with Gasteiger partial charge in [-0.15, -0.1) is 0 Å². The first-order valence-corrected chi connectivity index (χ1v) is 48.3. The lowest BCUT2D eigenvalue weighted by Crippen LogP contribution is -2.16. The quantitative estimate of drug-likeness (QED) is 0.0534. The predicted octanol–water partition coefficient (Wildman–Crippen LogP) is 10.9. The summed E-state index contributed by atoms with van der Waals surface area (Å²) in [6, 6.07) is 0. The Morgan fingerprint density at radius 2 is 0.218 bits per heavy atom. The summed E-state index contributed by atoms with van der Waals surface area (Å²) in [6.07, 6.45) is 34.3. The van der Waals surface area contributed by atoms with E-state index in [1.54, 1.807) is 0 Å². The Morgan fingerprint density at radius 3 is 0.339 bits per heavy atom. The van der Waals surface area contributed by atoms with Crippen molar-refractivity contribution in [2.75, 3.05) is 410 Å². The fraction of sp³-hybridized carbons (Fsp3) is 1.00. The zero-order valence-corrected chi connectivity index (χ0v) is 78.5. The van der Waals surface area contributed by atoms with Crippen LogP contribution in [0.1, 0.15) is 181 Å². The summed E-state index contributed by atoms with van der Waals surface area (Å²) in [7, 11) is 0. The van der Waals surface area contributed by atoms with Crippen LogP contribution in [0.15, 0.2) is 0 Å². The first-order chi connectivity index (χ1) is 61.8. The molecule has 0 aromatic heterocycles. The highest BCUT2D eigenvalue weighted by Crippen LogP contribution is 2.24. The van der Waals surface area contributed by atoms with Gasteiger partial charge in [0, 0.05) is 13.2 Å². The van der Waals surface area contributed by atoms with Crippen molar-refractivity contribution >= 4 is 0 Å². The van der Waals surface area contributed by atoms with Crippen LogP contribution in [-0.2, 0) is 142 Å². The van der Waals surface area contributed by atoms with E-state index in [1.807, 2.05) is 0 Å². The summed E-state index contributed by atoms with van der Waals surface area (Å²) in [5, 5.41) is 17.3. The molecule has 0 amide bonds. The van der Waals surface area contributed by atoms with E-state index in [0.29, 0.717) is 395 Å². The Kier molecular flexibility index (Phi) is 117. The Bertz CT molecular complexity index is 1700. The molecule has 0 fully saturated rings. The summed E-state index contributed by atoms with van der Waals surface area (Å²) in [5.74, 6) is 1.14. The van der Waals surface area contributed by atoms with Crippen LogP contribution in [0.3, 0.4) is 0 Å². The average molecular weight is 1800 g/mol. The van der Waals surface area contributed by atoms with E-state index in [-0.39, 0.29) is 13.2 Å². The van der Waals surface area contributed by atoms with E-state index in [0.717, 1.165) is 13.2 Å². The summed E-state index contributed by atoms with van der Waals surface area (Å²) in [4.78, 5) is 0. The van der Waals surface area contributed by atoms with Gasteiger partial charge in [0.05, 0.1) is 396 Å². The van der Waals surface area contributed by atoms with Crippen molar-refractivity contribution in [2.24, 2.45) is 11.8 Å². The van der Waals surface area contributed by atoms with E-state index >= 15 is 0 Å². The van der Waals surface area contributed by atoms with Crippen LogP contribution in [-0.4, -0.2) is 420 Å². The van der Waals surface area contributed by atoms with Gasteiger partial charge in [-0.1, -0.05) is 155 Å². The van der Waals surface area contributed by atoms with Crippen LogP contribution >= 0.6 is 0 Å².